The minimum absolute atomic E-state index is 0.713. The van der Waals surface area contributed by atoms with E-state index in [-0.39, 0.29) is 0 Å². The monoisotopic (exact) mass is 282 g/mol. The second-order valence-corrected chi connectivity index (χ2v) is 6.09. The highest BCUT2D eigenvalue weighted by molar-refractivity contribution is 7.07. The first-order valence-electron chi connectivity index (χ1n) is 7.97. The molecule has 1 atom stereocenters. The summed E-state index contributed by atoms with van der Waals surface area (Å²) in [6, 6.07) is 0.713. The van der Waals surface area contributed by atoms with Gasteiger partial charge in [0.25, 0.3) is 0 Å². The van der Waals surface area contributed by atoms with Gasteiger partial charge in [-0.15, -0.1) is 11.3 Å². The van der Waals surface area contributed by atoms with E-state index >= 15 is 0 Å². The lowest BCUT2D eigenvalue weighted by atomic mass is 10.0. The molecule has 1 rings (SSSR count). The summed E-state index contributed by atoms with van der Waals surface area (Å²) in [6.07, 6.45) is 11.9. The van der Waals surface area contributed by atoms with Gasteiger partial charge in [0.2, 0.25) is 0 Å². The van der Waals surface area contributed by atoms with Crippen LogP contribution in [0, 0.1) is 0 Å². The molecule has 0 bridgehead atoms. The van der Waals surface area contributed by atoms with Gasteiger partial charge in [0, 0.05) is 24.4 Å². The average Bonchev–Trinajstić information content (AvgIpc) is 2.91. The average molecular weight is 282 g/mol. The number of thiazole rings is 1. The van der Waals surface area contributed by atoms with Crippen molar-refractivity contribution in [2.45, 2.75) is 77.7 Å². The Morgan fingerprint density at radius 1 is 1.11 bits per heavy atom. The van der Waals surface area contributed by atoms with Crippen LogP contribution in [0.15, 0.2) is 10.9 Å². The van der Waals surface area contributed by atoms with Gasteiger partial charge in [-0.25, -0.2) is 4.98 Å². The third kappa shape index (κ3) is 8.38. The molecule has 1 aromatic rings. The second kappa shape index (κ2) is 11.4. The van der Waals surface area contributed by atoms with Gasteiger partial charge in [-0.3, -0.25) is 0 Å². The van der Waals surface area contributed by atoms with Crippen molar-refractivity contribution in [1.82, 2.24) is 10.3 Å². The predicted molar refractivity (Wildman–Crippen MR) is 85.9 cm³/mol. The van der Waals surface area contributed by atoms with Crippen molar-refractivity contribution >= 4 is 11.3 Å². The number of nitrogens with zero attached hydrogens (tertiary/aromatic N) is 1. The Hall–Kier alpha value is -0.410. The molecule has 1 N–H and O–H groups in total. The summed E-state index contributed by atoms with van der Waals surface area (Å²) in [5, 5.41) is 5.87. The first kappa shape index (κ1) is 16.6. The van der Waals surface area contributed by atoms with E-state index in [0.29, 0.717) is 6.04 Å². The number of aromatic nitrogens is 1. The lowest BCUT2D eigenvalue weighted by molar-refractivity contribution is 0.429. The van der Waals surface area contributed by atoms with Gasteiger partial charge in [0.05, 0.1) is 11.2 Å². The van der Waals surface area contributed by atoms with Crippen molar-refractivity contribution in [3.8, 4) is 0 Å². The maximum Gasteiger partial charge on any atom is 0.0794 e. The molecule has 1 unspecified atom stereocenters. The van der Waals surface area contributed by atoms with Gasteiger partial charge < -0.3 is 5.32 Å². The lowest BCUT2D eigenvalue weighted by Gasteiger charge is -2.17. The lowest BCUT2D eigenvalue weighted by Crippen LogP contribution is -2.30. The molecule has 0 fully saturated rings. The Labute approximate surface area is 123 Å². The van der Waals surface area contributed by atoms with Crippen LogP contribution in [0.2, 0.25) is 0 Å². The zero-order valence-corrected chi connectivity index (χ0v) is 13.5. The molecule has 0 saturated heterocycles. The maximum absolute atomic E-state index is 4.33. The summed E-state index contributed by atoms with van der Waals surface area (Å²) in [4.78, 5) is 4.33. The molecule has 0 aliphatic heterocycles. The SMILES string of the molecule is CCCCCCCC(CCC)NCCc1cscn1. The molecule has 0 radical (unpaired) electrons. The highest BCUT2D eigenvalue weighted by Crippen LogP contribution is 2.11. The Morgan fingerprint density at radius 3 is 2.63 bits per heavy atom. The molecule has 2 nitrogen and oxygen atoms in total. The Bertz CT molecular complexity index is 285. The van der Waals surface area contributed by atoms with Crippen molar-refractivity contribution < 1.29 is 0 Å². The van der Waals surface area contributed by atoms with E-state index in [1.165, 1.54) is 57.1 Å². The highest BCUT2D eigenvalue weighted by atomic mass is 32.1. The van der Waals surface area contributed by atoms with E-state index in [9.17, 15) is 0 Å². The minimum Gasteiger partial charge on any atom is -0.314 e. The molecule has 110 valence electrons. The van der Waals surface area contributed by atoms with Gasteiger partial charge in [0.15, 0.2) is 0 Å². The number of hydrogen-bond acceptors (Lipinski definition) is 3. The van der Waals surface area contributed by atoms with E-state index in [0.717, 1.165) is 13.0 Å². The zero-order chi connectivity index (χ0) is 13.8. The maximum atomic E-state index is 4.33. The van der Waals surface area contributed by atoms with E-state index in [2.05, 4.69) is 29.5 Å². The van der Waals surface area contributed by atoms with Crippen LogP contribution in [0.25, 0.3) is 0 Å². The van der Waals surface area contributed by atoms with Crippen LogP contribution < -0.4 is 5.32 Å². The molecule has 3 heteroatoms. The molecule has 0 aliphatic rings. The molecule has 0 aromatic carbocycles. The third-order valence-electron chi connectivity index (χ3n) is 3.59. The first-order valence-corrected chi connectivity index (χ1v) is 8.91. The molecule has 0 spiro atoms. The van der Waals surface area contributed by atoms with Crippen molar-refractivity contribution in [2.75, 3.05) is 6.54 Å². The molecule has 0 amide bonds. The van der Waals surface area contributed by atoms with Gasteiger partial charge in [-0.05, 0) is 12.8 Å². The van der Waals surface area contributed by atoms with Crippen molar-refractivity contribution in [2.24, 2.45) is 0 Å². The Kier molecular flexibility index (Phi) is 10.0. The summed E-state index contributed by atoms with van der Waals surface area (Å²) >= 11 is 1.69. The topological polar surface area (TPSA) is 24.9 Å². The zero-order valence-electron chi connectivity index (χ0n) is 12.7. The second-order valence-electron chi connectivity index (χ2n) is 5.37. The van der Waals surface area contributed by atoms with Crippen LogP contribution in [0.1, 0.15) is 70.9 Å². The quantitative estimate of drug-likeness (QED) is 0.557. The van der Waals surface area contributed by atoms with Crippen LogP contribution in [-0.2, 0) is 6.42 Å². The largest absolute Gasteiger partial charge is 0.314 e. The molecule has 0 aliphatic carbocycles. The molecule has 1 heterocycles. The third-order valence-corrected chi connectivity index (χ3v) is 4.23. The number of nitrogens with one attached hydrogen (secondary N) is 1. The molecular formula is C16H30N2S. The van der Waals surface area contributed by atoms with E-state index in [1.54, 1.807) is 11.3 Å². The summed E-state index contributed by atoms with van der Waals surface area (Å²) in [5.74, 6) is 0. The van der Waals surface area contributed by atoms with Crippen LogP contribution in [0.3, 0.4) is 0 Å². The van der Waals surface area contributed by atoms with Crippen molar-refractivity contribution in [1.29, 1.82) is 0 Å². The Balaban J connectivity index is 2.09. The summed E-state index contributed by atoms with van der Waals surface area (Å²) in [6.45, 7) is 5.63. The van der Waals surface area contributed by atoms with Gasteiger partial charge in [-0.2, -0.15) is 0 Å². The standard InChI is InChI=1S/C16H30N2S/c1-3-5-6-7-8-10-15(9-4-2)17-12-11-16-13-19-14-18-16/h13-15,17H,3-12H2,1-2H3. The first-order chi connectivity index (χ1) is 9.36. The number of rotatable bonds is 12. The van der Waals surface area contributed by atoms with Crippen LogP contribution in [0.5, 0.6) is 0 Å². The summed E-state index contributed by atoms with van der Waals surface area (Å²) in [5.41, 5.74) is 3.16. The minimum atomic E-state index is 0.713. The molecule has 1 aromatic heterocycles. The number of unbranched alkanes of at least 4 members (excludes halogenated alkanes) is 4. The van der Waals surface area contributed by atoms with Gasteiger partial charge in [0.1, 0.15) is 0 Å². The fraction of sp³-hybridized carbons (Fsp3) is 0.812. The van der Waals surface area contributed by atoms with Gasteiger partial charge >= 0.3 is 0 Å². The molecule has 0 saturated carbocycles. The summed E-state index contributed by atoms with van der Waals surface area (Å²) in [7, 11) is 0. The van der Waals surface area contributed by atoms with Gasteiger partial charge in [-0.1, -0.05) is 52.4 Å². The normalized spacial score (nSPS) is 12.7. The van der Waals surface area contributed by atoms with E-state index < -0.39 is 0 Å². The highest BCUT2D eigenvalue weighted by Gasteiger charge is 2.06. The Morgan fingerprint density at radius 2 is 1.95 bits per heavy atom. The molecular weight excluding hydrogens is 252 g/mol. The summed E-state index contributed by atoms with van der Waals surface area (Å²) < 4.78 is 0. The van der Waals surface area contributed by atoms with Crippen molar-refractivity contribution in [3.05, 3.63) is 16.6 Å². The van der Waals surface area contributed by atoms with Crippen LogP contribution >= 0.6 is 11.3 Å². The van der Waals surface area contributed by atoms with Crippen molar-refractivity contribution in [3.63, 3.8) is 0 Å². The number of hydrogen-bond donors (Lipinski definition) is 1. The van der Waals surface area contributed by atoms with Crippen LogP contribution in [-0.4, -0.2) is 17.6 Å². The fourth-order valence-electron chi connectivity index (χ4n) is 2.46. The van der Waals surface area contributed by atoms with Crippen LogP contribution in [0.4, 0.5) is 0 Å². The van der Waals surface area contributed by atoms with E-state index in [4.69, 9.17) is 0 Å². The predicted octanol–water partition coefficient (Wildman–Crippen LogP) is 4.80. The fourth-order valence-corrected chi connectivity index (χ4v) is 3.05. The smallest absolute Gasteiger partial charge is 0.0794 e. The molecule has 19 heavy (non-hydrogen) atoms. The van der Waals surface area contributed by atoms with E-state index in [1.807, 2.05) is 5.51 Å².